The van der Waals surface area contributed by atoms with Crippen LogP contribution in [0.4, 0.5) is 5.82 Å². The Labute approximate surface area is 110 Å². The van der Waals surface area contributed by atoms with Crippen molar-refractivity contribution in [3.63, 3.8) is 0 Å². The molecule has 0 spiro atoms. The van der Waals surface area contributed by atoms with Crippen LogP contribution in [0.3, 0.4) is 0 Å². The number of amides is 1. The van der Waals surface area contributed by atoms with Gasteiger partial charge in [-0.15, -0.1) is 0 Å². The van der Waals surface area contributed by atoms with Crippen LogP contribution in [-0.2, 0) is 11.8 Å². The minimum atomic E-state index is -0.107. The second kappa shape index (κ2) is 4.65. The highest BCUT2D eigenvalue weighted by atomic mass is 16.2. The third kappa shape index (κ3) is 2.10. The van der Waals surface area contributed by atoms with Gasteiger partial charge in [0.2, 0.25) is 5.91 Å². The monoisotopic (exact) mass is 262 g/mol. The number of aromatic amines is 1. The van der Waals surface area contributed by atoms with Gasteiger partial charge in [-0.05, 0) is 26.3 Å². The third-order valence-corrected chi connectivity index (χ3v) is 3.59. The van der Waals surface area contributed by atoms with E-state index in [0.717, 1.165) is 42.5 Å². The van der Waals surface area contributed by atoms with Gasteiger partial charge in [-0.3, -0.25) is 9.89 Å². The number of hydrogen-bond donors (Lipinski definition) is 3. The number of nitrogens with one attached hydrogen (secondary N) is 3. The summed E-state index contributed by atoms with van der Waals surface area (Å²) in [5, 5.41) is 18.4. The quantitative estimate of drug-likeness (QED) is 0.743. The lowest BCUT2D eigenvalue weighted by Gasteiger charge is -2.22. The molecule has 0 aliphatic carbocycles. The van der Waals surface area contributed by atoms with Gasteiger partial charge < -0.3 is 10.6 Å². The molecule has 3 rings (SSSR count). The highest BCUT2D eigenvalue weighted by Gasteiger charge is 2.22. The molecule has 2 aromatic rings. The molecule has 0 aromatic carbocycles. The lowest BCUT2D eigenvalue weighted by molar-refractivity contribution is -0.118. The first-order valence-electron chi connectivity index (χ1n) is 6.58. The minimum Gasteiger partial charge on any atom is -0.309 e. The number of piperidine rings is 1. The lowest BCUT2D eigenvalue weighted by Crippen LogP contribution is -2.43. The van der Waals surface area contributed by atoms with Crippen molar-refractivity contribution in [1.29, 1.82) is 0 Å². The van der Waals surface area contributed by atoms with Crippen LogP contribution in [0.2, 0.25) is 0 Å². The minimum absolute atomic E-state index is 0.00602. The number of anilines is 1. The number of rotatable bonds is 2. The molecule has 1 saturated heterocycles. The van der Waals surface area contributed by atoms with Crippen LogP contribution in [0, 0.1) is 6.92 Å². The van der Waals surface area contributed by atoms with Crippen LogP contribution < -0.4 is 10.6 Å². The first-order chi connectivity index (χ1) is 9.16. The summed E-state index contributed by atoms with van der Waals surface area (Å²) in [5.74, 6) is 0.631. The van der Waals surface area contributed by atoms with Gasteiger partial charge in [0.1, 0.15) is 5.82 Å². The molecule has 102 valence electrons. The Morgan fingerprint density at radius 2 is 2.32 bits per heavy atom. The summed E-state index contributed by atoms with van der Waals surface area (Å²) in [5.41, 5.74) is 1.61. The second-order valence-corrected chi connectivity index (χ2v) is 5.00. The van der Waals surface area contributed by atoms with E-state index >= 15 is 0 Å². The van der Waals surface area contributed by atoms with Gasteiger partial charge in [0.05, 0.1) is 17.1 Å². The van der Waals surface area contributed by atoms with Crippen molar-refractivity contribution in [1.82, 2.24) is 25.3 Å². The Morgan fingerprint density at radius 3 is 3.05 bits per heavy atom. The summed E-state index contributed by atoms with van der Waals surface area (Å²) in [7, 11) is 1.84. The molecule has 3 heterocycles. The van der Waals surface area contributed by atoms with E-state index in [1.54, 1.807) is 4.68 Å². The second-order valence-electron chi connectivity index (χ2n) is 5.00. The van der Waals surface area contributed by atoms with Gasteiger partial charge in [-0.2, -0.15) is 10.2 Å². The molecular weight excluding hydrogens is 244 g/mol. The normalized spacial score (nSPS) is 19.8. The Bertz CT molecular complexity index is 607. The van der Waals surface area contributed by atoms with Gasteiger partial charge in [0.15, 0.2) is 5.65 Å². The van der Waals surface area contributed by atoms with Crippen molar-refractivity contribution in [2.45, 2.75) is 32.2 Å². The third-order valence-electron chi connectivity index (χ3n) is 3.59. The lowest BCUT2D eigenvalue weighted by atomic mass is 10.0. The SMILES string of the molecule is Cc1nn(C)c2n[nH]c(NC(=O)[C@H]3CCCCN3)c12. The van der Waals surface area contributed by atoms with Crippen LogP contribution in [-0.4, -0.2) is 38.5 Å². The average molecular weight is 262 g/mol. The van der Waals surface area contributed by atoms with Crippen molar-refractivity contribution in [3.05, 3.63) is 5.69 Å². The smallest absolute Gasteiger partial charge is 0.242 e. The molecule has 19 heavy (non-hydrogen) atoms. The molecule has 2 aromatic heterocycles. The summed E-state index contributed by atoms with van der Waals surface area (Å²) < 4.78 is 1.70. The molecule has 1 aliphatic rings. The van der Waals surface area contributed by atoms with E-state index < -0.39 is 0 Å². The van der Waals surface area contributed by atoms with Gasteiger partial charge in [-0.1, -0.05) is 6.42 Å². The maximum absolute atomic E-state index is 12.2. The zero-order valence-electron chi connectivity index (χ0n) is 11.2. The summed E-state index contributed by atoms with van der Waals surface area (Å²) in [6.07, 6.45) is 3.12. The Hall–Kier alpha value is -1.89. The van der Waals surface area contributed by atoms with Gasteiger partial charge >= 0.3 is 0 Å². The fraction of sp³-hybridized carbons (Fsp3) is 0.583. The number of H-pyrrole nitrogens is 1. The molecule has 0 unspecified atom stereocenters. The van der Waals surface area contributed by atoms with E-state index in [-0.39, 0.29) is 11.9 Å². The average Bonchev–Trinajstić information content (AvgIpc) is 2.94. The number of hydrogen-bond acceptors (Lipinski definition) is 4. The number of carbonyl (C=O) groups excluding carboxylic acids is 1. The zero-order valence-corrected chi connectivity index (χ0v) is 11.2. The van der Waals surface area contributed by atoms with E-state index in [9.17, 15) is 4.79 Å². The molecule has 1 amide bonds. The number of aromatic nitrogens is 4. The number of fused-ring (bicyclic) bond motifs is 1. The zero-order chi connectivity index (χ0) is 13.4. The standard InChI is InChI=1S/C12H18N6O/c1-7-9-10(15-16-11(9)18(2)17-7)14-12(19)8-5-3-4-6-13-8/h8,13H,3-6H2,1-2H3,(H2,14,15,16,19)/t8-/m1/s1. The van der Waals surface area contributed by atoms with Crippen molar-refractivity contribution < 1.29 is 4.79 Å². The molecule has 3 N–H and O–H groups in total. The van der Waals surface area contributed by atoms with E-state index in [2.05, 4.69) is 25.9 Å². The van der Waals surface area contributed by atoms with Crippen LogP contribution in [0.1, 0.15) is 25.0 Å². The molecule has 0 saturated carbocycles. The summed E-state index contributed by atoms with van der Waals surface area (Å²) >= 11 is 0. The maximum atomic E-state index is 12.2. The molecule has 1 fully saturated rings. The predicted octanol–water partition coefficient (Wildman–Crippen LogP) is 0.685. The first-order valence-corrected chi connectivity index (χ1v) is 6.58. The fourth-order valence-corrected chi connectivity index (χ4v) is 2.61. The van der Waals surface area contributed by atoms with Gasteiger partial charge in [0, 0.05) is 7.05 Å². The summed E-state index contributed by atoms with van der Waals surface area (Å²) in [6, 6.07) is -0.107. The van der Waals surface area contributed by atoms with Crippen molar-refractivity contribution in [2.75, 3.05) is 11.9 Å². The molecule has 7 nitrogen and oxygen atoms in total. The van der Waals surface area contributed by atoms with E-state index in [1.165, 1.54) is 0 Å². The molecule has 1 atom stereocenters. The van der Waals surface area contributed by atoms with E-state index in [4.69, 9.17) is 0 Å². The van der Waals surface area contributed by atoms with E-state index in [1.807, 2.05) is 14.0 Å². The van der Waals surface area contributed by atoms with Crippen LogP contribution >= 0.6 is 0 Å². The van der Waals surface area contributed by atoms with Crippen molar-refractivity contribution in [3.8, 4) is 0 Å². The van der Waals surface area contributed by atoms with Crippen LogP contribution in [0.15, 0.2) is 0 Å². The summed E-state index contributed by atoms with van der Waals surface area (Å²) in [6.45, 7) is 2.81. The highest BCUT2D eigenvalue weighted by molar-refractivity contribution is 6.01. The Morgan fingerprint density at radius 1 is 1.47 bits per heavy atom. The molecule has 0 radical (unpaired) electrons. The predicted molar refractivity (Wildman–Crippen MR) is 71.9 cm³/mol. The molecule has 0 bridgehead atoms. The first kappa shape index (κ1) is 12.2. The largest absolute Gasteiger partial charge is 0.309 e. The van der Waals surface area contributed by atoms with Crippen molar-refractivity contribution in [2.24, 2.45) is 7.05 Å². The van der Waals surface area contributed by atoms with Crippen molar-refractivity contribution >= 4 is 22.8 Å². The fourth-order valence-electron chi connectivity index (χ4n) is 2.61. The Kier molecular flexibility index (Phi) is 2.98. The maximum Gasteiger partial charge on any atom is 0.242 e. The Balaban J connectivity index is 1.83. The molecular formula is C12H18N6O. The van der Waals surface area contributed by atoms with E-state index in [0.29, 0.717) is 5.82 Å². The van der Waals surface area contributed by atoms with Gasteiger partial charge in [0.25, 0.3) is 0 Å². The number of carbonyl (C=O) groups is 1. The summed E-state index contributed by atoms with van der Waals surface area (Å²) in [4.78, 5) is 12.2. The molecule has 1 aliphatic heterocycles. The number of aryl methyl sites for hydroxylation is 2. The van der Waals surface area contributed by atoms with Gasteiger partial charge in [-0.25, -0.2) is 4.68 Å². The molecule has 7 heteroatoms. The topological polar surface area (TPSA) is 87.6 Å². The van der Waals surface area contributed by atoms with Crippen LogP contribution in [0.25, 0.3) is 11.0 Å². The highest BCUT2D eigenvalue weighted by Crippen LogP contribution is 2.23. The van der Waals surface area contributed by atoms with Crippen LogP contribution in [0.5, 0.6) is 0 Å². The number of nitrogens with zero attached hydrogens (tertiary/aromatic N) is 3.